The van der Waals surface area contributed by atoms with Crippen molar-refractivity contribution in [3.63, 3.8) is 0 Å². The van der Waals surface area contributed by atoms with E-state index in [1.807, 2.05) is 6.07 Å². The van der Waals surface area contributed by atoms with Crippen molar-refractivity contribution in [3.8, 4) is 0 Å². The Morgan fingerprint density at radius 3 is 2.73 bits per heavy atom. The maximum Gasteiger partial charge on any atom is 0.221 e. The summed E-state index contributed by atoms with van der Waals surface area (Å²) >= 11 is 0. The summed E-state index contributed by atoms with van der Waals surface area (Å²) in [6, 6.07) is 10.4. The smallest absolute Gasteiger partial charge is 0.221 e. The van der Waals surface area contributed by atoms with Gasteiger partial charge in [-0.05, 0) is 5.56 Å². The molecule has 1 fully saturated rings. The van der Waals surface area contributed by atoms with Crippen LogP contribution < -0.4 is 11.1 Å². The van der Waals surface area contributed by atoms with Gasteiger partial charge in [0.2, 0.25) is 5.91 Å². The van der Waals surface area contributed by atoms with Gasteiger partial charge in [-0.15, -0.1) is 24.8 Å². The van der Waals surface area contributed by atoms with E-state index in [4.69, 9.17) is 10.5 Å². The summed E-state index contributed by atoms with van der Waals surface area (Å²) in [5, 5.41) is 2.87. The Balaban J connectivity index is 0.00000220. The lowest BCUT2D eigenvalue weighted by Crippen LogP contribution is -2.47. The highest BCUT2D eigenvalue weighted by molar-refractivity contribution is 5.85. The van der Waals surface area contributed by atoms with Gasteiger partial charge in [-0.1, -0.05) is 30.3 Å². The van der Waals surface area contributed by atoms with Gasteiger partial charge in [0.1, 0.15) is 0 Å². The lowest BCUT2D eigenvalue weighted by atomic mass is 10.2. The highest BCUT2D eigenvalue weighted by Gasteiger charge is 2.20. The predicted octanol–water partition coefficient (Wildman–Crippen LogP) is 1.20. The number of nitrogens with two attached hydrogens (primary N) is 1. The van der Waals surface area contributed by atoms with Crippen LogP contribution in [0.4, 0.5) is 0 Å². The van der Waals surface area contributed by atoms with Crippen molar-refractivity contribution in [1.82, 2.24) is 10.2 Å². The first kappa shape index (κ1) is 21.1. The zero-order valence-electron chi connectivity index (χ0n) is 12.6. The number of carbonyl (C=O) groups is 1. The SMILES string of the molecule is Cl.Cl.NCCC(=O)NCC1CN(Cc2ccccc2)CCO1. The maximum atomic E-state index is 11.4. The molecule has 1 unspecified atom stereocenters. The van der Waals surface area contributed by atoms with E-state index in [1.165, 1.54) is 5.56 Å². The van der Waals surface area contributed by atoms with Crippen molar-refractivity contribution in [1.29, 1.82) is 0 Å². The largest absolute Gasteiger partial charge is 0.374 e. The van der Waals surface area contributed by atoms with Crippen molar-refractivity contribution >= 4 is 30.7 Å². The lowest BCUT2D eigenvalue weighted by molar-refractivity contribution is -0.122. The number of nitrogens with zero attached hydrogens (tertiary/aromatic N) is 1. The zero-order chi connectivity index (χ0) is 14.2. The first-order valence-corrected chi connectivity index (χ1v) is 7.12. The number of nitrogens with one attached hydrogen (secondary N) is 1. The molecule has 1 atom stereocenters. The molecule has 1 heterocycles. The minimum absolute atomic E-state index is 0. The Hall–Kier alpha value is -0.850. The van der Waals surface area contributed by atoms with Gasteiger partial charge < -0.3 is 15.8 Å². The molecular formula is C15H25Cl2N3O2. The third kappa shape index (κ3) is 7.42. The molecule has 0 bridgehead atoms. The number of rotatable bonds is 6. The van der Waals surface area contributed by atoms with Crippen LogP contribution in [0.2, 0.25) is 0 Å². The molecule has 126 valence electrons. The Kier molecular flexibility index (Phi) is 11.2. The standard InChI is InChI=1S/C15H23N3O2.2ClH/c16-7-6-15(19)17-10-14-12-18(8-9-20-14)11-13-4-2-1-3-5-13;;/h1-5,14H,6-12,16H2,(H,17,19);2*1H. The fourth-order valence-electron chi connectivity index (χ4n) is 2.34. The average Bonchev–Trinajstić information content (AvgIpc) is 2.47. The van der Waals surface area contributed by atoms with E-state index in [1.54, 1.807) is 0 Å². The molecule has 3 N–H and O–H groups in total. The van der Waals surface area contributed by atoms with E-state index in [2.05, 4.69) is 34.5 Å². The van der Waals surface area contributed by atoms with Gasteiger partial charge in [0.15, 0.2) is 0 Å². The van der Waals surface area contributed by atoms with Crippen LogP contribution in [-0.4, -0.2) is 49.7 Å². The van der Waals surface area contributed by atoms with Crippen LogP contribution in [0.3, 0.4) is 0 Å². The molecular weight excluding hydrogens is 325 g/mol. The summed E-state index contributed by atoms with van der Waals surface area (Å²) in [7, 11) is 0. The molecule has 1 aromatic carbocycles. The molecule has 2 rings (SSSR count). The third-order valence-electron chi connectivity index (χ3n) is 3.37. The molecule has 22 heavy (non-hydrogen) atoms. The minimum atomic E-state index is -0.00344. The van der Waals surface area contributed by atoms with Crippen molar-refractivity contribution in [2.75, 3.05) is 32.8 Å². The van der Waals surface area contributed by atoms with Crippen LogP contribution in [0.1, 0.15) is 12.0 Å². The highest BCUT2D eigenvalue weighted by atomic mass is 35.5. The van der Waals surface area contributed by atoms with Crippen LogP contribution in [0, 0.1) is 0 Å². The Morgan fingerprint density at radius 1 is 1.32 bits per heavy atom. The molecule has 0 aliphatic carbocycles. The van der Waals surface area contributed by atoms with Crippen molar-refractivity contribution in [2.45, 2.75) is 19.1 Å². The molecule has 1 aliphatic rings. The molecule has 0 saturated carbocycles. The summed E-state index contributed by atoms with van der Waals surface area (Å²) in [5.41, 5.74) is 6.65. The quantitative estimate of drug-likeness (QED) is 0.809. The van der Waals surface area contributed by atoms with Gasteiger partial charge in [-0.25, -0.2) is 0 Å². The van der Waals surface area contributed by atoms with Gasteiger partial charge in [-0.2, -0.15) is 0 Å². The van der Waals surface area contributed by atoms with Crippen LogP contribution >= 0.6 is 24.8 Å². The molecule has 1 aliphatic heterocycles. The van der Waals surface area contributed by atoms with Crippen LogP contribution in [-0.2, 0) is 16.1 Å². The van der Waals surface area contributed by atoms with Crippen molar-refractivity contribution in [3.05, 3.63) is 35.9 Å². The number of benzene rings is 1. The minimum Gasteiger partial charge on any atom is -0.374 e. The first-order chi connectivity index (χ1) is 9.78. The number of carbonyl (C=O) groups excluding carboxylic acids is 1. The molecule has 1 saturated heterocycles. The van der Waals surface area contributed by atoms with E-state index in [9.17, 15) is 4.79 Å². The number of hydrogen-bond donors (Lipinski definition) is 2. The van der Waals surface area contributed by atoms with E-state index < -0.39 is 0 Å². The van der Waals surface area contributed by atoms with Crippen LogP contribution in [0.5, 0.6) is 0 Å². The summed E-state index contributed by atoms with van der Waals surface area (Å²) in [4.78, 5) is 13.8. The van der Waals surface area contributed by atoms with E-state index >= 15 is 0 Å². The summed E-state index contributed by atoms with van der Waals surface area (Å²) in [5.74, 6) is -0.00344. The van der Waals surface area contributed by atoms with E-state index in [0.29, 0.717) is 26.1 Å². The van der Waals surface area contributed by atoms with Gasteiger partial charge in [0.25, 0.3) is 0 Å². The van der Waals surface area contributed by atoms with Gasteiger partial charge in [0, 0.05) is 39.1 Å². The van der Waals surface area contributed by atoms with Gasteiger partial charge in [-0.3, -0.25) is 9.69 Å². The highest BCUT2D eigenvalue weighted by Crippen LogP contribution is 2.10. The number of ether oxygens (including phenoxy) is 1. The normalized spacial score (nSPS) is 18.0. The first-order valence-electron chi connectivity index (χ1n) is 7.12. The Bertz CT molecular complexity index is 421. The fraction of sp³-hybridized carbons (Fsp3) is 0.533. The summed E-state index contributed by atoms with van der Waals surface area (Å²) in [6.45, 7) is 4.36. The third-order valence-corrected chi connectivity index (χ3v) is 3.37. The van der Waals surface area contributed by atoms with Crippen LogP contribution in [0.15, 0.2) is 30.3 Å². The molecule has 1 amide bonds. The monoisotopic (exact) mass is 349 g/mol. The maximum absolute atomic E-state index is 11.4. The predicted molar refractivity (Wildman–Crippen MR) is 92.6 cm³/mol. The summed E-state index contributed by atoms with van der Waals surface area (Å²) < 4.78 is 5.69. The number of hydrogen-bond acceptors (Lipinski definition) is 4. The zero-order valence-corrected chi connectivity index (χ0v) is 14.2. The molecule has 5 nitrogen and oxygen atoms in total. The second kappa shape index (κ2) is 11.7. The number of morpholine rings is 1. The topological polar surface area (TPSA) is 67.6 Å². The molecule has 0 radical (unpaired) electrons. The second-order valence-corrected chi connectivity index (χ2v) is 5.06. The van der Waals surface area contributed by atoms with Crippen molar-refractivity contribution < 1.29 is 9.53 Å². The Morgan fingerprint density at radius 2 is 2.05 bits per heavy atom. The molecule has 1 aromatic rings. The summed E-state index contributed by atoms with van der Waals surface area (Å²) in [6.07, 6.45) is 0.440. The molecule has 0 aromatic heterocycles. The average molecular weight is 350 g/mol. The Labute approximate surface area is 144 Å². The van der Waals surface area contributed by atoms with Gasteiger partial charge in [0.05, 0.1) is 12.7 Å². The molecule has 7 heteroatoms. The second-order valence-electron chi connectivity index (χ2n) is 5.06. The number of halogens is 2. The van der Waals surface area contributed by atoms with Crippen molar-refractivity contribution in [2.24, 2.45) is 5.73 Å². The van der Waals surface area contributed by atoms with E-state index in [-0.39, 0.29) is 36.8 Å². The molecule has 0 spiro atoms. The lowest BCUT2D eigenvalue weighted by Gasteiger charge is -2.33. The van der Waals surface area contributed by atoms with E-state index in [0.717, 1.165) is 19.6 Å². The van der Waals surface area contributed by atoms with Gasteiger partial charge >= 0.3 is 0 Å². The fourth-order valence-corrected chi connectivity index (χ4v) is 2.34. The van der Waals surface area contributed by atoms with Crippen LogP contribution in [0.25, 0.3) is 0 Å². The number of amides is 1.